The van der Waals surface area contributed by atoms with Crippen LogP contribution in [0.25, 0.3) is 11.0 Å². The van der Waals surface area contributed by atoms with Gasteiger partial charge in [-0.15, -0.1) is 0 Å². The van der Waals surface area contributed by atoms with E-state index in [4.69, 9.17) is 10.8 Å². The Bertz CT molecular complexity index is 671. The van der Waals surface area contributed by atoms with Crippen molar-refractivity contribution in [1.29, 1.82) is 0 Å². The van der Waals surface area contributed by atoms with Gasteiger partial charge in [0, 0.05) is 13.0 Å². The second kappa shape index (κ2) is 5.91. The molecule has 1 heterocycles. The van der Waals surface area contributed by atoms with Crippen LogP contribution in [0.2, 0.25) is 0 Å². The summed E-state index contributed by atoms with van der Waals surface area (Å²) in [5.41, 5.74) is 6.17. The molecule has 0 spiro atoms. The molecule has 1 aromatic heterocycles. The summed E-state index contributed by atoms with van der Waals surface area (Å²) >= 11 is 1.02. The first kappa shape index (κ1) is 14.3. The van der Waals surface area contributed by atoms with Crippen LogP contribution in [0.5, 0.6) is 0 Å². The van der Waals surface area contributed by atoms with Crippen molar-refractivity contribution >= 4 is 34.7 Å². The Morgan fingerprint density at radius 1 is 1.45 bits per heavy atom. The number of thioether (sulfide) groups is 1. The maximum Gasteiger partial charge on any atom is 0.313 e. The van der Waals surface area contributed by atoms with Crippen LogP contribution in [0.3, 0.4) is 0 Å². The predicted octanol–water partition coefficient (Wildman–Crippen LogP) is 1.23. The number of carboxylic acids is 1. The number of imidazole rings is 1. The number of rotatable bonds is 6. The van der Waals surface area contributed by atoms with Crippen LogP contribution in [0, 0.1) is 5.82 Å². The summed E-state index contributed by atoms with van der Waals surface area (Å²) < 4.78 is 14.9. The molecule has 0 aliphatic heterocycles. The van der Waals surface area contributed by atoms with Crippen LogP contribution in [0.1, 0.15) is 6.42 Å². The molecule has 2 rings (SSSR count). The third-order valence-electron chi connectivity index (χ3n) is 2.58. The monoisotopic (exact) mass is 297 g/mol. The van der Waals surface area contributed by atoms with E-state index < -0.39 is 17.7 Å². The van der Waals surface area contributed by atoms with Crippen LogP contribution in [-0.2, 0) is 16.1 Å². The average Bonchev–Trinajstić information content (AvgIpc) is 2.71. The summed E-state index contributed by atoms with van der Waals surface area (Å²) in [5.74, 6) is -2.05. The van der Waals surface area contributed by atoms with Crippen molar-refractivity contribution in [3.8, 4) is 0 Å². The summed E-state index contributed by atoms with van der Waals surface area (Å²) in [5, 5.41) is 9.14. The Morgan fingerprint density at radius 3 is 2.85 bits per heavy atom. The molecule has 0 aliphatic carbocycles. The molecule has 3 N–H and O–H groups in total. The number of aromatic nitrogens is 2. The maximum atomic E-state index is 13.3. The van der Waals surface area contributed by atoms with Gasteiger partial charge in [-0.05, 0) is 18.2 Å². The fraction of sp³-hybridized carbons (Fsp3) is 0.250. The van der Waals surface area contributed by atoms with Gasteiger partial charge in [-0.25, -0.2) is 9.37 Å². The number of carboxylic acid groups (broad SMARTS) is 1. The molecule has 0 saturated carbocycles. The van der Waals surface area contributed by atoms with Gasteiger partial charge in [0.25, 0.3) is 0 Å². The summed E-state index contributed by atoms with van der Waals surface area (Å²) in [6.45, 7) is 0.233. The number of hydrogen-bond acceptors (Lipinski definition) is 4. The van der Waals surface area contributed by atoms with Gasteiger partial charge in [-0.1, -0.05) is 11.8 Å². The number of carbonyl (C=O) groups excluding carboxylic acids is 1. The molecular weight excluding hydrogens is 285 g/mol. The molecule has 1 amide bonds. The summed E-state index contributed by atoms with van der Waals surface area (Å²) in [6.07, 6.45) is 0.0720. The number of halogens is 1. The normalized spacial score (nSPS) is 10.8. The standard InChI is InChI=1S/C12H12FN3O3S/c13-7-1-2-8-9(5-7)16(4-3-10(14)17)12(15-8)20-6-11(18)19/h1-2,5H,3-4,6H2,(H2,14,17)(H,18,19). The first-order chi connectivity index (χ1) is 9.47. The lowest BCUT2D eigenvalue weighted by Crippen LogP contribution is -2.14. The Labute approximate surface area is 117 Å². The molecular formula is C12H12FN3O3S. The van der Waals surface area contributed by atoms with E-state index in [1.807, 2.05) is 0 Å². The SMILES string of the molecule is NC(=O)CCn1c(SCC(=O)O)nc2ccc(F)cc21. The lowest BCUT2D eigenvalue weighted by atomic mass is 10.3. The third kappa shape index (κ3) is 3.27. The fourth-order valence-electron chi connectivity index (χ4n) is 1.75. The van der Waals surface area contributed by atoms with Gasteiger partial charge >= 0.3 is 5.97 Å². The van der Waals surface area contributed by atoms with Gasteiger partial charge < -0.3 is 15.4 Å². The zero-order chi connectivity index (χ0) is 14.7. The van der Waals surface area contributed by atoms with Crippen molar-refractivity contribution in [2.24, 2.45) is 5.73 Å². The van der Waals surface area contributed by atoms with Gasteiger partial charge in [0.15, 0.2) is 5.16 Å². The highest BCUT2D eigenvalue weighted by Gasteiger charge is 2.14. The minimum Gasteiger partial charge on any atom is -0.481 e. The predicted molar refractivity (Wildman–Crippen MR) is 71.9 cm³/mol. The van der Waals surface area contributed by atoms with Crippen LogP contribution in [0.4, 0.5) is 4.39 Å². The number of nitrogens with zero attached hydrogens (tertiary/aromatic N) is 2. The van der Waals surface area contributed by atoms with E-state index in [9.17, 15) is 14.0 Å². The van der Waals surface area contributed by atoms with Crippen molar-refractivity contribution in [2.45, 2.75) is 18.1 Å². The molecule has 6 nitrogen and oxygen atoms in total. The van der Waals surface area contributed by atoms with E-state index in [0.717, 1.165) is 11.8 Å². The molecule has 2 aromatic rings. The number of nitrogens with two attached hydrogens (primary N) is 1. The number of aryl methyl sites for hydroxylation is 1. The molecule has 106 valence electrons. The molecule has 0 radical (unpaired) electrons. The van der Waals surface area contributed by atoms with Crippen LogP contribution < -0.4 is 5.73 Å². The quantitative estimate of drug-likeness (QED) is 0.781. The van der Waals surface area contributed by atoms with Gasteiger partial charge in [0.2, 0.25) is 5.91 Å². The zero-order valence-electron chi connectivity index (χ0n) is 10.4. The molecule has 20 heavy (non-hydrogen) atoms. The largest absolute Gasteiger partial charge is 0.481 e. The van der Waals surface area contributed by atoms with Gasteiger partial charge in [0.1, 0.15) is 5.82 Å². The third-order valence-corrected chi connectivity index (χ3v) is 3.54. The second-order valence-electron chi connectivity index (χ2n) is 4.08. The topological polar surface area (TPSA) is 98.2 Å². The Morgan fingerprint density at radius 2 is 2.20 bits per heavy atom. The molecule has 0 atom stereocenters. The highest BCUT2D eigenvalue weighted by atomic mass is 32.2. The first-order valence-corrected chi connectivity index (χ1v) is 6.74. The Balaban J connectivity index is 2.40. The Hall–Kier alpha value is -2.09. The molecule has 0 fully saturated rings. The molecule has 1 aromatic carbocycles. The van der Waals surface area contributed by atoms with E-state index in [2.05, 4.69) is 4.98 Å². The number of benzene rings is 1. The maximum absolute atomic E-state index is 13.3. The van der Waals surface area contributed by atoms with Crippen molar-refractivity contribution in [1.82, 2.24) is 9.55 Å². The summed E-state index contributed by atoms with van der Waals surface area (Å²) in [7, 11) is 0. The van der Waals surface area contributed by atoms with E-state index in [1.165, 1.54) is 18.2 Å². The highest BCUT2D eigenvalue weighted by Crippen LogP contribution is 2.25. The average molecular weight is 297 g/mol. The van der Waals surface area contributed by atoms with Gasteiger partial charge in [-0.2, -0.15) is 0 Å². The zero-order valence-corrected chi connectivity index (χ0v) is 11.2. The lowest BCUT2D eigenvalue weighted by Gasteiger charge is -2.06. The van der Waals surface area contributed by atoms with Crippen molar-refractivity contribution in [3.05, 3.63) is 24.0 Å². The first-order valence-electron chi connectivity index (χ1n) is 5.76. The van der Waals surface area contributed by atoms with Crippen LogP contribution in [-0.4, -0.2) is 32.3 Å². The van der Waals surface area contributed by atoms with Crippen LogP contribution >= 0.6 is 11.8 Å². The van der Waals surface area contributed by atoms with E-state index in [-0.39, 0.29) is 18.7 Å². The number of primary amides is 1. The fourth-order valence-corrected chi connectivity index (χ4v) is 2.51. The smallest absolute Gasteiger partial charge is 0.313 e. The molecule has 0 saturated heterocycles. The number of hydrogen-bond donors (Lipinski definition) is 2. The van der Waals surface area contributed by atoms with Gasteiger partial charge in [0.05, 0.1) is 16.8 Å². The number of amides is 1. The molecule has 0 aliphatic rings. The second-order valence-corrected chi connectivity index (χ2v) is 5.02. The highest BCUT2D eigenvalue weighted by molar-refractivity contribution is 7.99. The van der Waals surface area contributed by atoms with E-state index in [0.29, 0.717) is 16.2 Å². The van der Waals surface area contributed by atoms with E-state index in [1.54, 1.807) is 4.57 Å². The van der Waals surface area contributed by atoms with Crippen molar-refractivity contribution in [3.63, 3.8) is 0 Å². The summed E-state index contributed by atoms with van der Waals surface area (Å²) in [4.78, 5) is 25.8. The van der Waals surface area contributed by atoms with Gasteiger partial charge in [-0.3, -0.25) is 9.59 Å². The minimum absolute atomic E-state index is 0.0720. The molecule has 8 heteroatoms. The summed E-state index contributed by atoms with van der Waals surface area (Å²) in [6, 6.07) is 4.09. The number of aliphatic carboxylic acids is 1. The van der Waals surface area contributed by atoms with Crippen molar-refractivity contribution < 1.29 is 19.1 Å². The molecule has 0 unspecified atom stereocenters. The van der Waals surface area contributed by atoms with Crippen molar-refractivity contribution in [2.75, 3.05) is 5.75 Å². The minimum atomic E-state index is -0.977. The lowest BCUT2D eigenvalue weighted by molar-refractivity contribution is -0.134. The van der Waals surface area contributed by atoms with E-state index >= 15 is 0 Å². The molecule has 0 bridgehead atoms. The van der Waals surface area contributed by atoms with Crippen LogP contribution in [0.15, 0.2) is 23.4 Å². The number of carbonyl (C=O) groups is 2. The Kier molecular flexibility index (Phi) is 4.23. The number of fused-ring (bicyclic) bond motifs is 1.